The number of nitrogens with zero attached hydrogens (tertiary/aromatic N) is 2. The highest BCUT2D eigenvalue weighted by atomic mass is 32.2. The predicted octanol–water partition coefficient (Wildman–Crippen LogP) is 4.32. The van der Waals surface area contributed by atoms with Gasteiger partial charge < -0.3 is 10.1 Å². The Labute approximate surface area is 172 Å². The number of anilines is 1. The lowest BCUT2D eigenvalue weighted by Crippen LogP contribution is -2.14. The van der Waals surface area contributed by atoms with Gasteiger partial charge in [0.1, 0.15) is 11.1 Å². The fraction of sp³-hybridized carbons (Fsp3) is 0.182. The van der Waals surface area contributed by atoms with E-state index in [2.05, 4.69) is 16.4 Å². The Morgan fingerprint density at radius 1 is 1.17 bits per heavy atom. The lowest BCUT2D eigenvalue weighted by atomic mass is 10.1. The molecule has 0 unspecified atom stereocenters. The van der Waals surface area contributed by atoms with E-state index in [0.717, 1.165) is 16.5 Å². The monoisotopic (exact) mass is 405 g/mol. The Balaban J connectivity index is 1.66. The van der Waals surface area contributed by atoms with Crippen LogP contribution in [0.25, 0.3) is 10.9 Å². The minimum absolute atomic E-state index is 0.110. The van der Waals surface area contributed by atoms with E-state index < -0.39 is 5.97 Å². The van der Waals surface area contributed by atoms with E-state index in [1.807, 2.05) is 25.1 Å². The van der Waals surface area contributed by atoms with Crippen LogP contribution < -0.4 is 5.32 Å². The van der Waals surface area contributed by atoms with Crippen molar-refractivity contribution in [3.05, 3.63) is 65.2 Å². The summed E-state index contributed by atoms with van der Waals surface area (Å²) in [6.45, 7) is 4.03. The van der Waals surface area contributed by atoms with Gasteiger partial charge in [-0.15, -0.1) is 0 Å². The molecule has 3 rings (SSSR count). The van der Waals surface area contributed by atoms with Crippen LogP contribution in [-0.4, -0.2) is 29.2 Å². The number of ether oxygens (including phenoxy) is 1. The molecule has 0 aliphatic carbocycles. The molecule has 0 aliphatic heterocycles. The van der Waals surface area contributed by atoms with Gasteiger partial charge in [0.2, 0.25) is 5.91 Å². The molecule has 7 heteroatoms. The molecule has 0 aliphatic rings. The van der Waals surface area contributed by atoms with E-state index in [1.165, 1.54) is 11.8 Å². The average Bonchev–Trinajstić information content (AvgIpc) is 2.72. The van der Waals surface area contributed by atoms with Gasteiger partial charge in [-0.05, 0) is 55.8 Å². The Bertz CT molecular complexity index is 1100. The van der Waals surface area contributed by atoms with Crippen molar-refractivity contribution >= 4 is 40.2 Å². The number of carbonyl (C=O) groups excluding carboxylic acids is 2. The SMILES string of the molecule is CCOC(=O)c1ccc(NC(=O)CSc2nc3cc(C)ccc3cc2C#N)cc1. The predicted molar refractivity (Wildman–Crippen MR) is 113 cm³/mol. The molecule has 1 aromatic heterocycles. The third-order valence-electron chi connectivity index (χ3n) is 4.08. The molecule has 146 valence electrons. The van der Waals surface area contributed by atoms with Gasteiger partial charge in [-0.25, -0.2) is 9.78 Å². The molecule has 0 bridgehead atoms. The molecule has 2 aromatic carbocycles. The second kappa shape index (κ2) is 9.22. The average molecular weight is 405 g/mol. The molecular formula is C22H19N3O3S. The number of nitrogens with one attached hydrogen (secondary N) is 1. The van der Waals surface area contributed by atoms with Gasteiger partial charge >= 0.3 is 5.97 Å². The fourth-order valence-electron chi connectivity index (χ4n) is 2.68. The lowest BCUT2D eigenvalue weighted by molar-refractivity contribution is -0.113. The summed E-state index contributed by atoms with van der Waals surface area (Å²) in [6.07, 6.45) is 0. The maximum atomic E-state index is 12.3. The first-order valence-corrected chi connectivity index (χ1v) is 10.00. The summed E-state index contributed by atoms with van der Waals surface area (Å²) < 4.78 is 4.93. The Hall–Kier alpha value is -3.37. The molecule has 29 heavy (non-hydrogen) atoms. The standard InChI is InChI=1S/C22H19N3O3S/c1-3-28-22(27)15-6-8-18(9-7-15)24-20(26)13-29-21-17(12-23)11-16-5-4-14(2)10-19(16)25-21/h4-11H,3,13H2,1-2H3,(H,24,26). The number of hydrogen-bond acceptors (Lipinski definition) is 6. The maximum absolute atomic E-state index is 12.3. The number of aromatic nitrogens is 1. The van der Waals surface area contributed by atoms with Crippen LogP contribution in [0.1, 0.15) is 28.4 Å². The molecule has 0 saturated carbocycles. The Kier molecular flexibility index (Phi) is 6.47. The van der Waals surface area contributed by atoms with Crippen LogP contribution in [0.15, 0.2) is 53.6 Å². The zero-order valence-corrected chi connectivity index (χ0v) is 16.9. The van der Waals surface area contributed by atoms with Crippen LogP contribution in [-0.2, 0) is 9.53 Å². The summed E-state index contributed by atoms with van der Waals surface area (Å²) in [5, 5.41) is 13.6. The number of benzene rings is 2. The molecule has 1 heterocycles. The number of nitriles is 1. The van der Waals surface area contributed by atoms with Crippen LogP contribution in [0.4, 0.5) is 5.69 Å². The van der Waals surface area contributed by atoms with E-state index in [1.54, 1.807) is 37.3 Å². The Morgan fingerprint density at radius 2 is 1.93 bits per heavy atom. The molecule has 0 atom stereocenters. The van der Waals surface area contributed by atoms with E-state index in [0.29, 0.717) is 28.4 Å². The highest BCUT2D eigenvalue weighted by Crippen LogP contribution is 2.25. The topological polar surface area (TPSA) is 92.1 Å². The van der Waals surface area contributed by atoms with E-state index >= 15 is 0 Å². The zero-order valence-electron chi connectivity index (χ0n) is 16.1. The second-order valence-corrected chi connectivity index (χ2v) is 7.25. The lowest BCUT2D eigenvalue weighted by Gasteiger charge is -2.08. The van der Waals surface area contributed by atoms with Gasteiger partial charge in [-0.3, -0.25) is 4.79 Å². The van der Waals surface area contributed by atoms with Crippen LogP contribution in [0, 0.1) is 18.3 Å². The zero-order chi connectivity index (χ0) is 20.8. The van der Waals surface area contributed by atoms with E-state index in [-0.39, 0.29) is 11.7 Å². The third-order valence-corrected chi connectivity index (χ3v) is 5.07. The van der Waals surface area contributed by atoms with Crippen molar-refractivity contribution in [1.29, 1.82) is 5.26 Å². The van der Waals surface area contributed by atoms with Crippen molar-refractivity contribution in [1.82, 2.24) is 4.98 Å². The maximum Gasteiger partial charge on any atom is 0.338 e. The van der Waals surface area contributed by atoms with E-state index in [4.69, 9.17) is 4.74 Å². The third kappa shape index (κ3) is 5.12. The van der Waals surface area contributed by atoms with Gasteiger partial charge in [0.25, 0.3) is 0 Å². The summed E-state index contributed by atoms with van der Waals surface area (Å²) >= 11 is 1.21. The minimum Gasteiger partial charge on any atom is -0.462 e. The van der Waals surface area contributed by atoms with Gasteiger partial charge in [0, 0.05) is 11.1 Å². The Morgan fingerprint density at radius 3 is 2.62 bits per heavy atom. The van der Waals surface area contributed by atoms with Gasteiger partial charge in [0.15, 0.2) is 0 Å². The molecule has 6 nitrogen and oxygen atoms in total. The van der Waals surface area contributed by atoms with Crippen LogP contribution in [0.3, 0.4) is 0 Å². The number of hydrogen-bond donors (Lipinski definition) is 1. The number of aryl methyl sites for hydroxylation is 1. The number of pyridine rings is 1. The van der Waals surface area contributed by atoms with Crippen LogP contribution >= 0.6 is 11.8 Å². The van der Waals surface area contributed by atoms with Crippen molar-refractivity contribution in [3.8, 4) is 6.07 Å². The first kappa shape index (κ1) is 20.4. The largest absolute Gasteiger partial charge is 0.462 e. The highest BCUT2D eigenvalue weighted by Gasteiger charge is 2.11. The van der Waals surface area contributed by atoms with Crippen molar-refractivity contribution in [3.63, 3.8) is 0 Å². The quantitative estimate of drug-likeness (QED) is 0.485. The number of fused-ring (bicyclic) bond motifs is 1. The summed E-state index contributed by atoms with van der Waals surface area (Å²) in [5.41, 5.74) is 3.31. The first-order valence-electron chi connectivity index (χ1n) is 9.01. The van der Waals surface area contributed by atoms with Gasteiger partial charge in [-0.1, -0.05) is 23.9 Å². The normalized spacial score (nSPS) is 10.4. The molecule has 1 N–H and O–H groups in total. The number of rotatable bonds is 6. The van der Waals surface area contributed by atoms with Gasteiger partial charge in [0.05, 0.1) is 29.0 Å². The number of amides is 1. The minimum atomic E-state index is -0.400. The summed E-state index contributed by atoms with van der Waals surface area (Å²) in [6, 6.07) is 16.3. The molecule has 0 saturated heterocycles. The van der Waals surface area contributed by atoms with Crippen molar-refractivity contribution in [2.45, 2.75) is 18.9 Å². The van der Waals surface area contributed by atoms with Crippen molar-refractivity contribution in [2.24, 2.45) is 0 Å². The fourth-order valence-corrected chi connectivity index (χ4v) is 3.45. The van der Waals surface area contributed by atoms with Gasteiger partial charge in [-0.2, -0.15) is 5.26 Å². The van der Waals surface area contributed by atoms with Crippen LogP contribution in [0.2, 0.25) is 0 Å². The molecular weight excluding hydrogens is 386 g/mol. The van der Waals surface area contributed by atoms with E-state index in [9.17, 15) is 14.9 Å². The number of carbonyl (C=O) groups is 2. The molecule has 0 radical (unpaired) electrons. The van der Waals surface area contributed by atoms with Crippen molar-refractivity contribution < 1.29 is 14.3 Å². The summed E-state index contributed by atoms with van der Waals surface area (Å²) in [4.78, 5) is 28.5. The number of esters is 1. The summed E-state index contributed by atoms with van der Waals surface area (Å²) in [7, 11) is 0. The first-order chi connectivity index (χ1) is 14.0. The molecule has 3 aromatic rings. The number of thioether (sulfide) groups is 1. The second-order valence-electron chi connectivity index (χ2n) is 6.28. The molecule has 0 fully saturated rings. The molecule has 0 spiro atoms. The highest BCUT2D eigenvalue weighted by molar-refractivity contribution is 8.00. The van der Waals surface area contributed by atoms with Crippen molar-refractivity contribution in [2.75, 3.05) is 17.7 Å². The summed E-state index contributed by atoms with van der Waals surface area (Å²) in [5.74, 6) is -0.518. The van der Waals surface area contributed by atoms with Crippen LogP contribution in [0.5, 0.6) is 0 Å². The smallest absolute Gasteiger partial charge is 0.338 e. The molecule has 1 amide bonds.